The molecule has 0 aliphatic carbocycles. The van der Waals surface area contributed by atoms with Crippen molar-refractivity contribution in [2.45, 2.75) is 154 Å². The van der Waals surface area contributed by atoms with E-state index in [4.69, 9.17) is 24.4 Å². The van der Waals surface area contributed by atoms with E-state index in [1.807, 2.05) is 18.2 Å². The van der Waals surface area contributed by atoms with Crippen molar-refractivity contribution >= 4 is 19.8 Å². The van der Waals surface area contributed by atoms with Crippen molar-refractivity contribution in [2.24, 2.45) is 0 Å². The van der Waals surface area contributed by atoms with Gasteiger partial charge in [-0.3, -0.25) is 14.1 Å². The molecule has 0 heterocycles. The van der Waals surface area contributed by atoms with Crippen LogP contribution < -0.4 is 0 Å². The Kier molecular flexibility index (Phi) is 36.8. The van der Waals surface area contributed by atoms with Crippen molar-refractivity contribution in [3.8, 4) is 0 Å². The highest BCUT2D eigenvalue weighted by Crippen LogP contribution is 2.35. The topological polar surface area (TPSA) is 140 Å². The number of unbranched alkanes of at least 4 members (excludes halogenated alkanes) is 11. The van der Waals surface area contributed by atoms with Crippen LogP contribution in [0.1, 0.15) is 148 Å². The maximum absolute atomic E-state index is 12.4. The fourth-order valence-electron chi connectivity index (χ4n) is 4.95. The molecule has 9 nitrogen and oxygen atoms in total. The van der Waals surface area contributed by atoms with E-state index in [1.54, 1.807) is 0 Å². The fourth-order valence-corrected chi connectivity index (χ4v) is 5.31. The van der Waals surface area contributed by atoms with Gasteiger partial charge < -0.3 is 24.4 Å². The normalized spacial score (nSPS) is 13.4. The van der Waals surface area contributed by atoms with Crippen molar-refractivity contribution in [1.29, 1.82) is 0 Å². The van der Waals surface area contributed by atoms with Crippen LogP contribution in [0.15, 0.2) is 85.1 Å². The van der Waals surface area contributed by atoms with Crippen LogP contribution in [-0.4, -0.2) is 52.8 Å². The third-order valence-electron chi connectivity index (χ3n) is 7.94. The van der Waals surface area contributed by atoms with E-state index in [2.05, 4.69) is 78.3 Å². The summed E-state index contributed by atoms with van der Waals surface area (Å²) in [7, 11) is -4.79. The molecule has 0 aliphatic rings. The van der Waals surface area contributed by atoms with Crippen LogP contribution in [0.4, 0.5) is 0 Å². The summed E-state index contributed by atoms with van der Waals surface area (Å²) < 4.78 is 26.2. The highest BCUT2D eigenvalue weighted by atomic mass is 31.2. The van der Waals surface area contributed by atoms with E-state index in [0.717, 1.165) is 70.6 Å². The number of esters is 2. The fraction of sp³-hybridized carbons (Fsp3) is 0.628. The van der Waals surface area contributed by atoms with Gasteiger partial charge >= 0.3 is 19.8 Å². The summed E-state index contributed by atoms with van der Waals surface area (Å²) in [6.07, 6.45) is 49.0. The summed E-state index contributed by atoms with van der Waals surface area (Å²) in [5, 5.41) is 8.77. The summed E-state index contributed by atoms with van der Waals surface area (Å²) in [5.74, 6) is -1.03. The van der Waals surface area contributed by atoms with Crippen LogP contribution in [-0.2, 0) is 28.2 Å². The Morgan fingerprint density at radius 1 is 0.528 bits per heavy atom. The van der Waals surface area contributed by atoms with Crippen LogP contribution >= 0.6 is 7.82 Å². The largest absolute Gasteiger partial charge is 0.469 e. The van der Waals surface area contributed by atoms with E-state index in [-0.39, 0.29) is 26.1 Å². The average molecular weight is 763 g/mol. The zero-order valence-corrected chi connectivity index (χ0v) is 33.5. The van der Waals surface area contributed by atoms with Gasteiger partial charge in [0.1, 0.15) is 6.61 Å². The maximum atomic E-state index is 12.4. The Morgan fingerprint density at radius 3 is 1.38 bits per heavy atom. The molecule has 53 heavy (non-hydrogen) atoms. The second kappa shape index (κ2) is 38.9. The lowest BCUT2D eigenvalue weighted by molar-refractivity contribution is -0.161. The summed E-state index contributed by atoms with van der Waals surface area (Å²) >= 11 is 0. The molecule has 0 radical (unpaired) electrons. The first-order valence-corrected chi connectivity index (χ1v) is 21.5. The third kappa shape index (κ3) is 41.8. The molecular weight excluding hydrogens is 691 g/mol. The highest BCUT2D eigenvalue weighted by molar-refractivity contribution is 7.46. The van der Waals surface area contributed by atoms with Gasteiger partial charge in [0.2, 0.25) is 0 Å². The van der Waals surface area contributed by atoms with Crippen LogP contribution in [0.3, 0.4) is 0 Å². The van der Waals surface area contributed by atoms with E-state index >= 15 is 0 Å². The minimum atomic E-state index is -4.79. The molecule has 0 amide bonds. The van der Waals surface area contributed by atoms with Crippen molar-refractivity contribution in [1.82, 2.24) is 0 Å². The summed E-state index contributed by atoms with van der Waals surface area (Å²) in [6.45, 7) is 1.58. The molecule has 0 aromatic heterocycles. The number of aliphatic hydroxyl groups is 1. The molecule has 0 saturated heterocycles. The molecule has 0 fully saturated rings. The number of phosphoric ester groups is 1. The molecule has 0 aromatic carbocycles. The Labute approximate surface area is 321 Å². The predicted octanol–water partition coefficient (Wildman–Crippen LogP) is 11.0. The second-order valence-electron chi connectivity index (χ2n) is 13.0. The Morgan fingerprint density at radius 2 is 0.925 bits per heavy atom. The van der Waals surface area contributed by atoms with Gasteiger partial charge in [0.15, 0.2) is 6.10 Å². The Balaban J connectivity index is 4.14. The zero-order chi connectivity index (χ0) is 38.9. The second-order valence-corrected chi connectivity index (χ2v) is 14.2. The van der Waals surface area contributed by atoms with Gasteiger partial charge in [0, 0.05) is 19.4 Å². The van der Waals surface area contributed by atoms with Crippen molar-refractivity contribution in [2.75, 3.05) is 19.8 Å². The number of carbonyl (C=O) groups excluding carboxylic acids is 2. The minimum Gasteiger partial charge on any atom is -0.462 e. The lowest BCUT2D eigenvalue weighted by atomic mass is 10.1. The van der Waals surface area contributed by atoms with E-state index in [9.17, 15) is 14.2 Å². The lowest BCUT2D eigenvalue weighted by Gasteiger charge is -2.18. The van der Waals surface area contributed by atoms with Crippen LogP contribution in [0.5, 0.6) is 0 Å². The number of phosphoric acid groups is 1. The highest BCUT2D eigenvalue weighted by Gasteiger charge is 2.22. The number of hydrogen-bond donors (Lipinski definition) is 3. The van der Waals surface area contributed by atoms with Crippen molar-refractivity contribution in [3.05, 3.63) is 85.1 Å². The van der Waals surface area contributed by atoms with E-state index in [0.29, 0.717) is 19.3 Å². The number of carbonyl (C=O) groups is 2. The molecule has 0 spiro atoms. The van der Waals surface area contributed by atoms with Crippen LogP contribution in [0, 0.1) is 0 Å². The predicted molar refractivity (Wildman–Crippen MR) is 217 cm³/mol. The number of aliphatic hydroxyl groups excluding tert-OH is 1. The average Bonchev–Trinajstić information content (AvgIpc) is 3.13. The van der Waals surface area contributed by atoms with E-state index < -0.39 is 32.5 Å². The molecular formula is C43H71O9P. The first-order chi connectivity index (χ1) is 25.8. The quantitative estimate of drug-likeness (QED) is 0.0246. The molecule has 0 unspecified atom stereocenters. The Bertz CT molecular complexity index is 1130. The smallest absolute Gasteiger partial charge is 0.462 e. The first-order valence-electron chi connectivity index (χ1n) is 20.0. The van der Waals surface area contributed by atoms with Gasteiger partial charge in [-0.2, -0.15) is 0 Å². The number of rotatable bonds is 36. The van der Waals surface area contributed by atoms with Crippen molar-refractivity contribution < 1.29 is 43.0 Å². The van der Waals surface area contributed by atoms with Crippen LogP contribution in [0.2, 0.25) is 0 Å². The summed E-state index contributed by atoms with van der Waals surface area (Å²) in [4.78, 5) is 42.7. The summed E-state index contributed by atoms with van der Waals surface area (Å²) in [5.41, 5.74) is 0. The van der Waals surface area contributed by atoms with Gasteiger partial charge in [0.25, 0.3) is 0 Å². The molecule has 0 aliphatic heterocycles. The molecule has 1 atom stereocenters. The van der Waals surface area contributed by atoms with Gasteiger partial charge in [0.05, 0.1) is 6.61 Å². The van der Waals surface area contributed by atoms with Crippen LogP contribution in [0.25, 0.3) is 0 Å². The zero-order valence-electron chi connectivity index (χ0n) is 32.6. The third-order valence-corrected chi connectivity index (χ3v) is 8.43. The number of allylic oxidation sites excluding steroid dienone is 14. The number of hydrogen-bond acceptors (Lipinski definition) is 7. The SMILES string of the molecule is CCCCCCCC/C=C\C/C=C\C/C=C\CCCC(=O)OC[C@H](COP(=O)(O)O)OC(=O)CCC/C=C\C/C=C\C/C=C\C/C=C\CCCCCO. The standard InChI is InChI=1S/C43H71O9P/c1-2-3-4-5-6-7-8-9-10-12-15-18-21-24-27-30-33-36-42(45)50-39-41(40-51-53(47,48)49)52-43(46)37-34-31-28-25-22-19-16-13-11-14-17-20-23-26-29-32-35-38-44/h9-11,14-16,18-20,23-25,27-28,41,44H,2-8,12-13,17,21-22,26,29-40H2,1H3,(H2,47,48,49)/b10-9-,14-11-,18-15-,19-16-,23-20-,27-24-,28-25-/t41-/m1/s1. The number of ether oxygens (including phenoxy) is 2. The van der Waals surface area contributed by atoms with E-state index in [1.165, 1.54) is 38.5 Å². The minimum absolute atomic E-state index is 0.111. The molecule has 10 heteroatoms. The summed E-state index contributed by atoms with van der Waals surface area (Å²) in [6, 6.07) is 0. The monoisotopic (exact) mass is 762 g/mol. The van der Waals surface area contributed by atoms with Crippen molar-refractivity contribution in [3.63, 3.8) is 0 Å². The van der Waals surface area contributed by atoms with Gasteiger partial charge in [-0.1, -0.05) is 131 Å². The Hall–Kier alpha value is -2.81. The molecule has 0 aromatic rings. The van der Waals surface area contributed by atoms with Gasteiger partial charge in [-0.05, 0) is 89.9 Å². The lowest BCUT2D eigenvalue weighted by Crippen LogP contribution is -2.29. The van der Waals surface area contributed by atoms with Gasteiger partial charge in [-0.15, -0.1) is 0 Å². The molecule has 0 bridgehead atoms. The molecule has 3 N–H and O–H groups in total. The maximum Gasteiger partial charge on any atom is 0.469 e. The molecule has 0 rings (SSSR count). The molecule has 302 valence electrons. The first kappa shape index (κ1) is 50.2. The van der Waals surface area contributed by atoms with Gasteiger partial charge in [-0.25, -0.2) is 4.57 Å². The molecule has 0 saturated carbocycles.